The number of nitrogens with zero attached hydrogens (tertiary/aromatic N) is 4. The molecule has 2 heterocycles. The number of hydrogen-bond acceptors (Lipinski definition) is 4. The lowest BCUT2D eigenvalue weighted by molar-refractivity contribution is 0.153. The van der Waals surface area contributed by atoms with E-state index in [0.717, 1.165) is 83.5 Å². The van der Waals surface area contributed by atoms with Gasteiger partial charge in [-0.3, -0.25) is 0 Å². The van der Waals surface area contributed by atoms with Gasteiger partial charge in [0, 0.05) is 33.4 Å². The van der Waals surface area contributed by atoms with Gasteiger partial charge in [0.2, 0.25) is 0 Å². The third kappa shape index (κ3) is 7.70. The van der Waals surface area contributed by atoms with E-state index in [1.54, 1.807) is 0 Å². The van der Waals surface area contributed by atoms with E-state index < -0.39 is 5.60 Å². The highest BCUT2D eigenvalue weighted by Crippen LogP contribution is 2.55. The van der Waals surface area contributed by atoms with Crippen molar-refractivity contribution in [2.45, 2.75) is 5.60 Å². The molecule has 0 N–H and O–H groups in total. The fraction of sp³-hybridized carbons (Fsp3) is 0.0154. The SMILES string of the molecule is [C-]#[N+]c1ccc2c(c1)C(c1ccccc1)(c1ccccc1)Oc1c(-c3nc(-c4cc(-c5ccccc5)cc(-c5ccccc5)c4)nc(-c4cc(-c5ccccc5)cc(-c5ccccc5)c4)n3)cccc1-2. The molecule has 0 spiro atoms. The highest BCUT2D eigenvalue weighted by Gasteiger charge is 2.45. The van der Waals surface area contributed by atoms with Gasteiger partial charge in [-0.15, -0.1) is 0 Å². The predicted octanol–water partition coefficient (Wildman–Crippen LogP) is 16.4. The summed E-state index contributed by atoms with van der Waals surface area (Å²) in [4.78, 5) is 20.3. The smallest absolute Gasteiger partial charge is 0.187 e. The average Bonchev–Trinajstić information content (AvgIpc) is 3.45. The molecule has 0 aliphatic carbocycles. The minimum Gasteiger partial charge on any atom is -0.472 e. The minimum atomic E-state index is -1.14. The minimum absolute atomic E-state index is 0.464. The van der Waals surface area contributed by atoms with Gasteiger partial charge in [0.1, 0.15) is 5.75 Å². The Labute approximate surface area is 407 Å². The number of benzene rings is 10. The molecule has 70 heavy (non-hydrogen) atoms. The molecule has 0 saturated heterocycles. The molecule has 0 unspecified atom stereocenters. The van der Waals surface area contributed by atoms with E-state index in [9.17, 15) is 0 Å². The van der Waals surface area contributed by atoms with E-state index in [2.05, 4.69) is 175 Å². The van der Waals surface area contributed by atoms with Crippen LogP contribution in [0.2, 0.25) is 0 Å². The topological polar surface area (TPSA) is 52.3 Å². The fourth-order valence-electron chi connectivity index (χ4n) is 9.77. The Morgan fingerprint density at radius 3 is 1.10 bits per heavy atom. The average molecular weight is 895 g/mol. The summed E-state index contributed by atoms with van der Waals surface area (Å²) >= 11 is 0. The number of ether oxygens (including phenoxy) is 1. The lowest BCUT2D eigenvalue weighted by atomic mass is 9.74. The van der Waals surface area contributed by atoms with Crippen LogP contribution in [0.3, 0.4) is 0 Å². The van der Waals surface area contributed by atoms with Crippen molar-refractivity contribution in [1.29, 1.82) is 0 Å². The van der Waals surface area contributed by atoms with Gasteiger partial charge in [0.05, 0.1) is 12.1 Å². The van der Waals surface area contributed by atoms with Crippen LogP contribution in [0, 0.1) is 6.57 Å². The van der Waals surface area contributed by atoms with E-state index in [4.69, 9.17) is 26.3 Å². The maximum Gasteiger partial charge on any atom is 0.187 e. The Bertz CT molecular complexity index is 3430. The summed E-state index contributed by atoms with van der Waals surface area (Å²) in [5.41, 5.74) is 14.9. The van der Waals surface area contributed by atoms with E-state index in [1.807, 2.05) is 84.9 Å². The zero-order valence-electron chi connectivity index (χ0n) is 37.9. The van der Waals surface area contributed by atoms with Crippen LogP contribution in [0.4, 0.5) is 5.69 Å². The molecular weight excluding hydrogens is 853 g/mol. The summed E-state index contributed by atoms with van der Waals surface area (Å²) < 4.78 is 7.70. The Balaban J connectivity index is 1.14. The third-order valence-corrected chi connectivity index (χ3v) is 13.1. The van der Waals surface area contributed by atoms with Gasteiger partial charge in [-0.1, -0.05) is 206 Å². The van der Waals surface area contributed by atoms with E-state index in [-0.39, 0.29) is 0 Å². The first-order valence-corrected chi connectivity index (χ1v) is 23.4. The zero-order valence-corrected chi connectivity index (χ0v) is 37.9. The maximum atomic E-state index is 8.08. The van der Waals surface area contributed by atoms with Gasteiger partial charge in [0.15, 0.2) is 28.8 Å². The summed E-state index contributed by atoms with van der Waals surface area (Å²) in [7, 11) is 0. The number of rotatable bonds is 9. The molecule has 1 aromatic heterocycles. The lowest BCUT2D eigenvalue weighted by Crippen LogP contribution is -2.39. The summed E-state index contributed by atoms with van der Waals surface area (Å²) in [6, 6.07) is 87.6. The number of para-hydroxylation sites is 1. The summed E-state index contributed by atoms with van der Waals surface area (Å²) in [6.45, 7) is 8.08. The molecule has 0 atom stereocenters. The normalized spacial score (nSPS) is 12.2. The third-order valence-electron chi connectivity index (χ3n) is 13.1. The van der Waals surface area contributed by atoms with Crippen LogP contribution in [0.5, 0.6) is 5.75 Å². The van der Waals surface area contributed by atoms with Crippen LogP contribution in [-0.2, 0) is 5.60 Å². The van der Waals surface area contributed by atoms with Crippen LogP contribution in [-0.4, -0.2) is 15.0 Å². The second-order valence-electron chi connectivity index (χ2n) is 17.4. The maximum absolute atomic E-state index is 8.08. The fourth-order valence-corrected chi connectivity index (χ4v) is 9.77. The van der Waals surface area contributed by atoms with E-state index in [1.165, 1.54) is 0 Å². The summed E-state index contributed by atoms with van der Waals surface area (Å²) in [5, 5.41) is 0. The van der Waals surface area contributed by atoms with E-state index >= 15 is 0 Å². The van der Waals surface area contributed by atoms with Gasteiger partial charge in [-0.05, 0) is 98.6 Å². The molecule has 0 amide bonds. The second-order valence-corrected chi connectivity index (χ2v) is 17.4. The Morgan fingerprint density at radius 2 is 0.686 bits per heavy atom. The van der Waals surface area contributed by atoms with Crippen LogP contribution in [0.1, 0.15) is 16.7 Å². The van der Waals surface area contributed by atoms with Crippen molar-refractivity contribution in [2.24, 2.45) is 0 Å². The number of aromatic nitrogens is 3. The molecule has 0 fully saturated rings. The molecule has 10 aromatic carbocycles. The number of fused-ring (bicyclic) bond motifs is 3. The molecule has 0 saturated carbocycles. The van der Waals surface area contributed by atoms with Crippen molar-refractivity contribution in [3.8, 4) is 95.5 Å². The Hall–Kier alpha value is -9.50. The summed E-state index contributed by atoms with van der Waals surface area (Å²) in [6.07, 6.45) is 0. The van der Waals surface area contributed by atoms with Crippen LogP contribution < -0.4 is 4.74 Å². The Kier molecular flexibility index (Phi) is 10.7. The first-order chi connectivity index (χ1) is 34.6. The van der Waals surface area contributed by atoms with Gasteiger partial charge in [-0.2, -0.15) is 0 Å². The first kappa shape index (κ1) is 41.9. The molecule has 5 heteroatoms. The molecule has 11 aromatic rings. The van der Waals surface area contributed by atoms with Gasteiger partial charge < -0.3 is 4.74 Å². The van der Waals surface area contributed by atoms with Crippen molar-refractivity contribution < 1.29 is 4.74 Å². The van der Waals surface area contributed by atoms with E-state index in [0.29, 0.717) is 34.5 Å². The number of hydrogen-bond donors (Lipinski definition) is 0. The molecular formula is C65H42N4O. The van der Waals surface area contributed by atoms with Crippen molar-refractivity contribution >= 4 is 5.69 Å². The largest absolute Gasteiger partial charge is 0.472 e. The quantitative estimate of drug-likeness (QED) is 0.135. The van der Waals surface area contributed by atoms with Crippen molar-refractivity contribution in [3.63, 3.8) is 0 Å². The molecule has 0 bridgehead atoms. The van der Waals surface area contributed by atoms with Crippen LogP contribution >= 0.6 is 0 Å². The standard InChI is InChI=1S/C65H42N4O/c1-66-56-35-36-57-58-33-20-34-59(61(58)70-65(60(57)43-56,54-29-16-6-17-30-54)55-31-18-7-19-32-55)64-68-62(52-39-48(44-21-8-2-9-22-44)37-49(40-52)45-23-10-3-11-24-45)67-63(69-64)53-41-50(46-25-12-4-13-26-46)38-51(42-53)47-27-14-5-15-28-47/h2-43H. The molecule has 5 nitrogen and oxygen atoms in total. The molecule has 328 valence electrons. The molecule has 1 aliphatic heterocycles. The Morgan fingerprint density at radius 1 is 0.314 bits per heavy atom. The monoisotopic (exact) mass is 894 g/mol. The zero-order chi connectivity index (χ0) is 46.9. The second kappa shape index (κ2) is 18.0. The highest BCUT2D eigenvalue weighted by molar-refractivity contribution is 5.88. The van der Waals surface area contributed by atoms with Gasteiger partial charge >= 0.3 is 0 Å². The summed E-state index contributed by atoms with van der Waals surface area (Å²) in [5.74, 6) is 2.14. The van der Waals surface area contributed by atoms with Gasteiger partial charge in [-0.25, -0.2) is 19.8 Å². The highest BCUT2D eigenvalue weighted by atomic mass is 16.5. The van der Waals surface area contributed by atoms with Crippen molar-refractivity contribution in [3.05, 3.63) is 283 Å². The van der Waals surface area contributed by atoms with Crippen LogP contribution in [0.25, 0.3) is 94.6 Å². The van der Waals surface area contributed by atoms with Crippen LogP contribution in [0.15, 0.2) is 255 Å². The lowest BCUT2D eigenvalue weighted by Gasteiger charge is -2.42. The first-order valence-electron chi connectivity index (χ1n) is 23.4. The van der Waals surface area contributed by atoms with Crippen molar-refractivity contribution in [1.82, 2.24) is 15.0 Å². The molecule has 1 aliphatic rings. The van der Waals surface area contributed by atoms with Crippen molar-refractivity contribution in [2.75, 3.05) is 0 Å². The molecule has 12 rings (SSSR count). The predicted molar refractivity (Wildman–Crippen MR) is 283 cm³/mol. The molecule has 0 radical (unpaired) electrons. The van der Waals surface area contributed by atoms with Gasteiger partial charge in [0.25, 0.3) is 0 Å².